The molecule has 1 unspecified atom stereocenters. The number of aromatic nitrogens is 1. The lowest BCUT2D eigenvalue weighted by Crippen LogP contribution is -2.27. The van der Waals surface area contributed by atoms with Crippen molar-refractivity contribution in [3.63, 3.8) is 0 Å². The van der Waals surface area contributed by atoms with Gasteiger partial charge < -0.3 is 10.6 Å². The Balaban J connectivity index is 1.82. The molecule has 0 aliphatic rings. The molecule has 1 heterocycles. The van der Waals surface area contributed by atoms with Crippen LogP contribution < -0.4 is 10.6 Å². The molecule has 2 amide bonds. The number of carbonyl (C=O) groups excluding carboxylic acids is 2. The second kappa shape index (κ2) is 8.84. The standard InChI is InChI=1S/C22H19ClFN3O2/c1-13-18(24)11-16(21(28)26-14(2)15-7-4-3-5-8-15)12-19(13)27-22(29)17-9-6-10-25-20(17)23/h3-12,14H,1-2H3,(H,26,28)(H,27,29). The summed E-state index contributed by atoms with van der Waals surface area (Å²) in [4.78, 5) is 29.0. The van der Waals surface area contributed by atoms with Crippen molar-refractivity contribution in [2.75, 3.05) is 5.32 Å². The summed E-state index contributed by atoms with van der Waals surface area (Å²) in [6.07, 6.45) is 1.46. The van der Waals surface area contributed by atoms with Crippen LogP contribution in [-0.2, 0) is 0 Å². The van der Waals surface area contributed by atoms with Gasteiger partial charge in [0.15, 0.2) is 0 Å². The summed E-state index contributed by atoms with van der Waals surface area (Å²) < 4.78 is 14.4. The summed E-state index contributed by atoms with van der Waals surface area (Å²) in [5, 5.41) is 5.47. The molecule has 0 saturated heterocycles. The summed E-state index contributed by atoms with van der Waals surface area (Å²) >= 11 is 5.94. The van der Waals surface area contributed by atoms with Crippen molar-refractivity contribution < 1.29 is 14.0 Å². The van der Waals surface area contributed by atoms with E-state index in [1.165, 1.54) is 25.3 Å². The van der Waals surface area contributed by atoms with E-state index >= 15 is 0 Å². The Morgan fingerprint density at radius 1 is 1.07 bits per heavy atom. The number of hydrogen-bond acceptors (Lipinski definition) is 3. The summed E-state index contributed by atoms with van der Waals surface area (Å²) in [6, 6.07) is 14.8. The van der Waals surface area contributed by atoms with Crippen molar-refractivity contribution in [1.29, 1.82) is 0 Å². The van der Waals surface area contributed by atoms with Crippen molar-refractivity contribution in [2.45, 2.75) is 19.9 Å². The number of benzene rings is 2. The van der Waals surface area contributed by atoms with E-state index in [0.29, 0.717) is 0 Å². The third-order valence-corrected chi connectivity index (χ3v) is 4.81. The van der Waals surface area contributed by atoms with Gasteiger partial charge in [-0.2, -0.15) is 0 Å². The number of pyridine rings is 1. The molecule has 1 aromatic heterocycles. The van der Waals surface area contributed by atoms with Crippen LogP contribution in [0.4, 0.5) is 10.1 Å². The molecule has 0 radical (unpaired) electrons. The van der Waals surface area contributed by atoms with E-state index in [1.807, 2.05) is 37.3 Å². The van der Waals surface area contributed by atoms with Gasteiger partial charge >= 0.3 is 0 Å². The highest BCUT2D eigenvalue weighted by atomic mass is 35.5. The molecular weight excluding hydrogens is 393 g/mol. The Morgan fingerprint density at radius 2 is 1.79 bits per heavy atom. The van der Waals surface area contributed by atoms with Gasteiger partial charge in [-0.15, -0.1) is 0 Å². The maximum absolute atomic E-state index is 14.4. The van der Waals surface area contributed by atoms with Gasteiger partial charge in [0.2, 0.25) is 0 Å². The molecule has 29 heavy (non-hydrogen) atoms. The Labute approximate surface area is 172 Å². The maximum atomic E-state index is 14.4. The molecule has 0 saturated carbocycles. The van der Waals surface area contributed by atoms with Crippen LogP contribution in [0.5, 0.6) is 0 Å². The molecule has 0 aliphatic heterocycles. The van der Waals surface area contributed by atoms with Gasteiger partial charge in [0.05, 0.1) is 11.6 Å². The van der Waals surface area contributed by atoms with Crippen LogP contribution in [0.15, 0.2) is 60.8 Å². The smallest absolute Gasteiger partial charge is 0.258 e. The Hall–Kier alpha value is -3.25. The van der Waals surface area contributed by atoms with Gasteiger partial charge in [0, 0.05) is 23.0 Å². The average molecular weight is 412 g/mol. The molecule has 148 valence electrons. The minimum absolute atomic E-state index is 0.0358. The van der Waals surface area contributed by atoms with Crippen LogP contribution in [0.2, 0.25) is 5.15 Å². The zero-order valence-corrected chi connectivity index (χ0v) is 16.6. The van der Waals surface area contributed by atoms with E-state index in [4.69, 9.17) is 11.6 Å². The van der Waals surface area contributed by atoms with E-state index in [0.717, 1.165) is 11.6 Å². The van der Waals surface area contributed by atoms with Crippen molar-refractivity contribution in [2.24, 2.45) is 0 Å². The third kappa shape index (κ3) is 4.78. The Bertz CT molecular complexity index is 1060. The molecule has 3 aromatic rings. The molecule has 0 aliphatic carbocycles. The fraction of sp³-hybridized carbons (Fsp3) is 0.136. The topological polar surface area (TPSA) is 71.1 Å². The van der Waals surface area contributed by atoms with E-state index in [-0.39, 0.29) is 33.6 Å². The van der Waals surface area contributed by atoms with E-state index in [2.05, 4.69) is 15.6 Å². The molecule has 1 atom stereocenters. The lowest BCUT2D eigenvalue weighted by molar-refractivity contribution is 0.0938. The number of amides is 2. The highest BCUT2D eigenvalue weighted by molar-refractivity contribution is 6.33. The minimum Gasteiger partial charge on any atom is -0.346 e. The van der Waals surface area contributed by atoms with Gasteiger partial charge in [0.25, 0.3) is 11.8 Å². The number of nitrogens with one attached hydrogen (secondary N) is 2. The zero-order valence-electron chi connectivity index (χ0n) is 15.9. The Kier molecular flexibility index (Phi) is 6.24. The summed E-state index contributed by atoms with van der Waals surface area (Å²) in [6.45, 7) is 3.36. The van der Waals surface area contributed by atoms with E-state index in [1.54, 1.807) is 6.07 Å². The fourth-order valence-corrected chi connectivity index (χ4v) is 3.00. The highest BCUT2D eigenvalue weighted by Gasteiger charge is 2.18. The number of hydrogen-bond donors (Lipinski definition) is 2. The predicted molar refractivity (Wildman–Crippen MR) is 111 cm³/mol. The lowest BCUT2D eigenvalue weighted by atomic mass is 10.1. The molecule has 0 fully saturated rings. The first-order chi connectivity index (χ1) is 13.9. The second-order valence-corrected chi connectivity index (χ2v) is 6.89. The van der Waals surface area contributed by atoms with Crippen LogP contribution in [0.25, 0.3) is 0 Å². The molecule has 7 heteroatoms. The maximum Gasteiger partial charge on any atom is 0.258 e. The van der Waals surface area contributed by atoms with Crippen molar-refractivity contribution in [3.05, 3.63) is 94.0 Å². The zero-order chi connectivity index (χ0) is 21.0. The fourth-order valence-electron chi connectivity index (χ4n) is 2.79. The minimum atomic E-state index is -0.599. The van der Waals surface area contributed by atoms with Gasteiger partial charge in [-0.1, -0.05) is 41.9 Å². The van der Waals surface area contributed by atoms with Crippen LogP contribution in [0.3, 0.4) is 0 Å². The molecule has 5 nitrogen and oxygen atoms in total. The molecule has 0 spiro atoms. The molecule has 3 rings (SSSR count). The second-order valence-electron chi connectivity index (χ2n) is 6.53. The normalized spacial score (nSPS) is 11.6. The van der Waals surface area contributed by atoms with E-state index < -0.39 is 17.6 Å². The van der Waals surface area contributed by atoms with E-state index in [9.17, 15) is 14.0 Å². The predicted octanol–water partition coefficient (Wildman–Crippen LogP) is 4.93. The molecule has 0 bridgehead atoms. The van der Waals surface area contributed by atoms with Crippen molar-refractivity contribution in [1.82, 2.24) is 10.3 Å². The van der Waals surface area contributed by atoms with Crippen molar-refractivity contribution >= 4 is 29.1 Å². The van der Waals surface area contributed by atoms with Gasteiger partial charge in [-0.05, 0) is 43.7 Å². The quantitative estimate of drug-likeness (QED) is 0.585. The number of carbonyl (C=O) groups is 2. The Morgan fingerprint density at radius 3 is 2.48 bits per heavy atom. The van der Waals surface area contributed by atoms with Crippen LogP contribution in [0.1, 0.15) is 44.8 Å². The van der Waals surface area contributed by atoms with Crippen LogP contribution in [0, 0.1) is 12.7 Å². The molecular formula is C22H19ClFN3O2. The van der Waals surface area contributed by atoms with Gasteiger partial charge in [0.1, 0.15) is 11.0 Å². The van der Waals surface area contributed by atoms with Crippen molar-refractivity contribution in [3.8, 4) is 0 Å². The molecule has 2 N–H and O–H groups in total. The highest BCUT2D eigenvalue weighted by Crippen LogP contribution is 2.23. The first-order valence-corrected chi connectivity index (χ1v) is 9.32. The number of anilines is 1. The average Bonchev–Trinajstić information content (AvgIpc) is 2.72. The van der Waals surface area contributed by atoms with Crippen LogP contribution in [-0.4, -0.2) is 16.8 Å². The van der Waals surface area contributed by atoms with Gasteiger partial charge in [-0.25, -0.2) is 9.37 Å². The largest absolute Gasteiger partial charge is 0.346 e. The van der Waals surface area contributed by atoms with Gasteiger partial charge in [-0.3, -0.25) is 9.59 Å². The summed E-state index contributed by atoms with van der Waals surface area (Å²) in [5.74, 6) is -1.59. The number of nitrogens with zero attached hydrogens (tertiary/aromatic N) is 1. The number of rotatable bonds is 5. The first kappa shape index (κ1) is 20.5. The van der Waals surface area contributed by atoms with Crippen LogP contribution >= 0.6 is 11.6 Å². The number of halogens is 2. The third-order valence-electron chi connectivity index (χ3n) is 4.51. The monoisotopic (exact) mass is 411 g/mol. The summed E-state index contributed by atoms with van der Waals surface area (Å²) in [7, 11) is 0. The SMILES string of the molecule is Cc1c(F)cc(C(=O)NC(C)c2ccccc2)cc1NC(=O)c1cccnc1Cl. The summed E-state index contributed by atoms with van der Waals surface area (Å²) in [5.41, 5.74) is 1.58. The lowest BCUT2D eigenvalue weighted by Gasteiger charge is -2.16. The first-order valence-electron chi connectivity index (χ1n) is 8.94. The molecule has 2 aromatic carbocycles.